The molecule has 0 amide bonds. The summed E-state index contributed by atoms with van der Waals surface area (Å²) in [4.78, 5) is 38.0. The molecule has 6 nitrogen and oxygen atoms in total. The van der Waals surface area contributed by atoms with Crippen molar-refractivity contribution in [1.29, 1.82) is 0 Å². The third-order valence-corrected chi connectivity index (χ3v) is 10.6. The van der Waals surface area contributed by atoms with Gasteiger partial charge < -0.3 is 14.2 Å². The van der Waals surface area contributed by atoms with Crippen LogP contribution in [0.2, 0.25) is 0 Å². The lowest BCUT2D eigenvalue weighted by Crippen LogP contribution is -2.30. The fourth-order valence-corrected chi connectivity index (χ4v) is 6.59. The smallest absolute Gasteiger partial charge is 0.306 e. The van der Waals surface area contributed by atoms with Gasteiger partial charge in [0.1, 0.15) is 13.2 Å². The van der Waals surface area contributed by atoms with E-state index in [2.05, 4.69) is 130 Å². The molecule has 0 aliphatic rings. The van der Waals surface area contributed by atoms with E-state index in [1.54, 1.807) is 0 Å². The molecule has 0 N–H and O–H groups in total. The summed E-state index contributed by atoms with van der Waals surface area (Å²) in [5.41, 5.74) is 0. The van der Waals surface area contributed by atoms with E-state index in [-0.39, 0.29) is 38.0 Å². The zero-order valence-corrected chi connectivity index (χ0v) is 43.8. The van der Waals surface area contributed by atoms with Crippen LogP contribution in [0.3, 0.4) is 0 Å². The number of carbonyl (C=O) groups is 3. The van der Waals surface area contributed by atoms with Gasteiger partial charge in [0.15, 0.2) is 6.10 Å². The fourth-order valence-electron chi connectivity index (χ4n) is 6.59. The molecule has 0 aliphatic heterocycles. The van der Waals surface area contributed by atoms with Gasteiger partial charge in [-0.15, -0.1) is 0 Å². The zero-order chi connectivity index (χ0) is 50.0. The maximum atomic E-state index is 12.8. The van der Waals surface area contributed by atoms with Gasteiger partial charge in [0.2, 0.25) is 0 Å². The van der Waals surface area contributed by atoms with Gasteiger partial charge in [-0.2, -0.15) is 0 Å². The highest BCUT2D eigenvalue weighted by Crippen LogP contribution is 2.11. The van der Waals surface area contributed by atoms with E-state index in [1.165, 1.54) is 51.4 Å². The first-order valence-electron chi connectivity index (χ1n) is 27.1. The van der Waals surface area contributed by atoms with Gasteiger partial charge in [-0.3, -0.25) is 14.4 Å². The van der Waals surface area contributed by atoms with Gasteiger partial charge in [0.05, 0.1) is 0 Å². The largest absolute Gasteiger partial charge is 0.462 e. The maximum absolute atomic E-state index is 12.8. The number of ether oxygens (including phenoxy) is 3. The number of rotatable bonds is 46. The monoisotopic (exact) mass is 949 g/mol. The first kappa shape index (κ1) is 64.0. The minimum absolute atomic E-state index is 0.142. The number of allylic oxidation sites excluding steroid dienone is 26. The SMILES string of the molecule is CC/C=C\C/C=C\C/C=C\C/C=C\C/C=C\CCC(=O)OCC(COC(=O)CCCCCCC\C=C/C=C\C=C/C=C\C=C/CCC)OC(=O)CCC/C=C\C/C=C\C/C=C\CCCCCCCC. The normalized spacial score (nSPS) is 13.4. The number of esters is 3. The highest BCUT2D eigenvalue weighted by atomic mass is 16.6. The van der Waals surface area contributed by atoms with Crippen LogP contribution in [-0.4, -0.2) is 37.2 Å². The Morgan fingerprint density at radius 1 is 0.319 bits per heavy atom. The molecule has 0 heterocycles. The molecule has 1 unspecified atom stereocenters. The Morgan fingerprint density at radius 2 is 0.696 bits per heavy atom. The molecule has 0 rings (SSSR count). The lowest BCUT2D eigenvalue weighted by molar-refractivity contribution is -0.166. The molecule has 1 atom stereocenters. The van der Waals surface area contributed by atoms with Gasteiger partial charge in [-0.1, -0.05) is 237 Å². The minimum Gasteiger partial charge on any atom is -0.462 e. The molecule has 384 valence electrons. The number of unbranched alkanes of at least 4 members (excludes halogenated alkanes) is 13. The first-order chi connectivity index (χ1) is 34.0. The molecule has 6 heteroatoms. The van der Waals surface area contributed by atoms with Crippen molar-refractivity contribution < 1.29 is 28.6 Å². The number of hydrogen-bond donors (Lipinski definition) is 0. The standard InChI is InChI=1S/C63H96O6/c1-4-7-10-13-16-19-22-25-28-31-33-35-38-41-44-47-50-53-56-62(65)68-59-60(58-67-61(64)55-52-49-46-43-40-37-34-30-27-24-21-18-15-12-9-6-3)69-63(66)57-54-51-48-45-42-39-36-32-29-26-23-20-17-14-11-8-5-2/h9-10,12-13,16,18-19,21-22,25-31,33,35-37,39-40,45-46,48-49,60H,4-8,11,14-15,17,20,23-24,32,34,38,41-44,47,50-59H2,1-3H3/b12-9-,13-10-,19-16-,21-18-,25-22-,29-26-,30-27-,31-28-,35-33-,39-36-,40-37-,48-45-,49-46-. The van der Waals surface area contributed by atoms with Crippen molar-refractivity contribution in [2.75, 3.05) is 13.2 Å². The first-order valence-corrected chi connectivity index (χ1v) is 27.1. The van der Waals surface area contributed by atoms with E-state index in [0.717, 1.165) is 96.3 Å². The lowest BCUT2D eigenvalue weighted by atomic mass is 10.1. The summed E-state index contributed by atoms with van der Waals surface area (Å²) in [5.74, 6) is -1.12. The zero-order valence-electron chi connectivity index (χ0n) is 43.8. The molecule has 0 saturated heterocycles. The summed E-state index contributed by atoms with van der Waals surface area (Å²) in [6, 6.07) is 0. The summed E-state index contributed by atoms with van der Waals surface area (Å²) in [6.07, 6.45) is 81.0. The van der Waals surface area contributed by atoms with Crippen molar-refractivity contribution in [3.05, 3.63) is 158 Å². The van der Waals surface area contributed by atoms with Gasteiger partial charge in [-0.25, -0.2) is 0 Å². The molecule has 0 aromatic rings. The fraction of sp³-hybridized carbons (Fsp3) is 0.540. The van der Waals surface area contributed by atoms with E-state index in [4.69, 9.17) is 14.2 Å². The average Bonchev–Trinajstić information content (AvgIpc) is 3.35. The van der Waals surface area contributed by atoms with Crippen LogP contribution in [0.15, 0.2) is 158 Å². The Labute approximate surface area is 422 Å². The molecule has 0 aromatic heterocycles. The molecule has 0 radical (unpaired) electrons. The summed E-state index contributed by atoms with van der Waals surface area (Å²) in [5, 5.41) is 0. The summed E-state index contributed by atoms with van der Waals surface area (Å²) >= 11 is 0. The molecule has 69 heavy (non-hydrogen) atoms. The van der Waals surface area contributed by atoms with Crippen molar-refractivity contribution in [2.45, 2.75) is 207 Å². The minimum atomic E-state index is -0.854. The molecule has 0 aliphatic carbocycles. The highest BCUT2D eigenvalue weighted by Gasteiger charge is 2.19. The molecule has 0 bridgehead atoms. The van der Waals surface area contributed by atoms with E-state index >= 15 is 0 Å². The predicted molar refractivity (Wildman–Crippen MR) is 297 cm³/mol. The van der Waals surface area contributed by atoms with Crippen molar-refractivity contribution in [1.82, 2.24) is 0 Å². The van der Waals surface area contributed by atoms with Gasteiger partial charge in [0, 0.05) is 19.3 Å². The van der Waals surface area contributed by atoms with Gasteiger partial charge in [-0.05, 0) is 103 Å². The van der Waals surface area contributed by atoms with Crippen LogP contribution in [0.1, 0.15) is 201 Å². The Bertz CT molecular complexity index is 1610. The lowest BCUT2D eigenvalue weighted by Gasteiger charge is -2.18. The van der Waals surface area contributed by atoms with Crippen LogP contribution in [0.5, 0.6) is 0 Å². The molecule has 0 fully saturated rings. The highest BCUT2D eigenvalue weighted by molar-refractivity contribution is 5.71. The summed E-state index contributed by atoms with van der Waals surface area (Å²) in [6.45, 7) is 6.27. The second-order valence-corrected chi connectivity index (χ2v) is 17.2. The number of hydrogen-bond acceptors (Lipinski definition) is 6. The maximum Gasteiger partial charge on any atom is 0.306 e. The van der Waals surface area contributed by atoms with Crippen LogP contribution in [0.4, 0.5) is 0 Å². The van der Waals surface area contributed by atoms with E-state index in [0.29, 0.717) is 19.3 Å². The van der Waals surface area contributed by atoms with E-state index in [1.807, 2.05) is 48.6 Å². The Kier molecular flexibility index (Phi) is 51.6. The average molecular weight is 949 g/mol. The molecular formula is C63H96O6. The van der Waals surface area contributed by atoms with Crippen LogP contribution >= 0.6 is 0 Å². The van der Waals surface area contributed by atoms with Crippen LogP contribution in [-0.2, 0) is 28.6 Å². The second kappa shape index (κ2) is 55.6. The summed E-state index contributed by atoms with van der Waals surface area (Å²) < 4.78 is 16.7. The van der Waals surface area contributed by atoms with Gasteiger partial charge >= 0.3 is 17.9 Å². The Balaban J connectivity index is 4.66. The quantitative estimate of drug-likeness (QED) is 0.0199. The van der Waals surface area contributed by atoms with Crippen molar-refractivity contribution in [3.63, 3.8) is 0 Å². The van der Waals surface area contributed by atoms with Crippen LogP contribution < -0.4 is 0 Å². The van der Waals surface area contributed by atoms with Crippen LogP contribution in [0, 0.1) is 0 Å². The summed E-state index contributed by atoms with van der Waals surface area (Å²) in [7, 11) is 0. The van der Waals surface area contributed by atoms with Crippen molar-refractivity contribution in [2.24, 2.45) is 0 Å². The molecular weight excluding hydrogens is 853 g/mol. The molecule has 0 spiro atoms. The Hall–Kier alpha value is -4.97. The van der Waals surface area contributed by atoms with Gasteiger partial charge in [0.25, 0.3) is 0 Å². The van der Waals surface area contributed by atoms with Crippen molar-refractivity contribution in [3.8, 4) is 0 Å². The van der Waals surface area contributed by atoms with E-state index in [9.17, 15) is 14.4 Å². The molecule has 0 saturated carbocycles. The molecule has 0 aromatic carbocycles. The third kappa shape index (κ3) is 53.8. The third-order valence-electron chi connectivity index (χ3n) is 10.6. The number of carbonyl (C=O) groups excluding carboxylic acids is 3. The Morgan fingerprint density at radius 3 is 1.20 bits per heavy atom. The predicted octanol–water partition coefficient (Wildman–Crippen LogP) is 18.2. The van der Waals surface area contributed by atoms with E-state index < -0.39 is 12.1 Å². The second-order valence-electron chi connectivity index (χ2n) is 17.2. The van der Waals surface area contributed by atoms with Crippen molar-refractivity contribution >= 4 is 17.9 Å². The van der Waals surface area contributed by atoms with Crippen LogP contribution in [0.25, 0.3) is 0 Å². The topological polar surface area (TPSA) is 78.9 Å².